The van der Waals surface area contributed by atoms with Gasteiger partial charge in [0.05, 0.1) is 0 Å². The lowest BCUT2D eigenvalue weighted by Crippen LogP contribution is -2.58. The SMILES string of the molecule is C=C(CCO)C(=O)OC[C@H]1OC(O)[C@H](O)[C@@H](O)[C@@H]1O. The molecule has 1 fully saturated rings. The highest BCUT2D eigenvalue weighted by atomic mass is 16.6. The summed E-state index contributed by atoms with van der Waals surface area (Å²) >= 11 is 0. The lowest BCUT2D eigenvalue weighted by molar-refractivity contribution is -0.287. The number of rotatable bonds is 5. The van der Waals surface area contributed by atoms with Crippen LogP contribution in [0.4, 0.5) is 0 Å². The van der Waals surface area contributed by atoms with Gasteiger partial charge in [-0.2, -0.15) is 0 Å². The van der Waals surface area contributed by atoms with E-state index >= 15 is 0 Å². The van der Waals surface area contributed by atoms with Crippen LogP contribution in [0.15, 0.2) is 12.2 Å². The molecule has 19 heavy (non-hydrogen) atoms. The highest BCUT2D eigenvalue weighted by molar-refractivity contribution is 5.87. The molecule has 0 saturated carbocycles. The van der Waals surface area contributed by atoms with Gasteiger partial charge in [-0.15, -0.1) is 0 Å². The first kappa shape index (κ1) is 16.0. The van der Waals surface area contributed by atoms with E-state index in [2.05, 4.69) is 6.58 Å². The quantitative estimate of drug-likeness (QED) is 0.270. The second-order valence-corrected chi connectivity index (χ2v) is 4.21. The number of hydrogen-bond donors (Lipinski definition) is 5. The van der Waals surface area contributed by atoms with Crippen molar-refractivity contribution in [2.75, 3.05) is 13.2 Å². The van der Waals surface area contributed by atoms with Crippen LogP contribution >= 0.6 is 0 Å². The number of ether oxygens (including phenoxy) is 2. The molecule has 5 N–H and O–H groups in total. The maximum atomic E-state index is 11.4. The minimum absolute atomic E-state index is 0.0499. The molecule has 0 spiro atoms. The second-order valence-electron chi connectivity index (χ2n) is 4.21. The Morgan fingerprint density at radius 1 is 1.16 bits per heavy atom. The van der Waals surface area contributed by atoms with Gasteiger partial charge in [0.1, 0.15) is 31.0 Å². The van der Waals surface area contributed by atoms with Gasteiger partial charge in [-0.05, 0) is 0 Å². The van der Waals surface area contributed by atoms with Crippen molar-refractivity contribution in [2.45, 2.75) is 37.1 Å². The Labute approximate surface area is 109 Å². The van der Waals surface area contributed by atoms with Crippen LogP contribution in [-0.4, -0.2) is 75.4 Å². The molecule has 1 aliphatic rings. The van der Waals surface area contributed by atoms with Gasteiger partial charge in [0.2, 0.25) is 0 Å². The van der Waals surface area contributed by atoms with E-state index in [1.54, 1.807) is 0 Å². The van der Waals surface area contributed by atoms with Gasteiger partial charge in [0, 0.05) is 18.6 Å². The Bertz CT molecular complexity index is 331. The summed E-state index contributed by atoms with van der Waals surface area (Å²) in [5, 5.41) is 46.1. The van der Waals surface area contributed by atoms with E-state index < -0.39 is 43.3 Å². The van der Waals surface area contributed by atoms with E-state index in [1.807, 2.05) is 0 Å². The van der Waals surface area contributed by atoms with E-state index in [9.17, 15) is 25.2 Å². The summed E-state index contributed by atoms with van der Waals surface area (Å²) in [4.78, 5) is 11.4. The number of aliphatic hydroxyl groups excluding tert-OH is 5. The summed E-state index contributed by atoms with van der Waals surface area (Å²) in [5.74, 6) is -0.778. The zero-order valence-electron chi connectivity index (χ0n) is 10.2. The summed E-state index contributed by atoms with van der Waals surface area (Å²) in [6.07, 6.45) is -7.53. The zero-order valence-corrected chi connectivity index (χ0v) is 10.2. The smallest absolute Gasteiger partial charge is 0.333 e. The minimum Gasteiger partial charge on any atom is -0.459 e. The molecular formula is C11H18O8. The van der Waals surface area contributed by atoms with Crippen molar-refractivity contribution < 1.29 is 39.8 Å². The monoisotopic (exact) mass is 278 g/mol. The number of carbonyl (C=O) groups is 1. The highest BCUT2D eigenvalue weighted by Crippen LogP contribution is 2.20. The minimum atomic E-state index is -1.68. The van der Waals surface area contributed by atoms with Crippen LogP contribution in [0.1, 0.15) is 6.42 Å². The van der Waals surface area contributed by atoms with Crippen LogP contribution < -0.4 is 0 Å². The first-order valence-corrected chi connectivity index (χ1v) is 5.72. The fourth-order valence-electron chi connectivity index (χ4n) is 1.57. The molecule has 8 heteroatoms. The third-order valence-corrected chi connectivity index (χ3v) is 2.77. The van der Waals surface area contributed by atoms with Gasteiger partial charge in [-0.25, -0.2) is 4.79 Å². The van der Waals surface area contributed by atoms with Crippen molar-refractivity contribution in [2.24, 2.45) is 0 Å². The van der Waals surface area contributed by atoms with E-state index in [0.29, 0.717) is 0 Å². The molecule has 0 bridgehead atoms. The Morgan fingerprint density at radius 2 is 1.79 bits per heavy atom. The second kappa shape index (κ2) is 6.94. The standard InChI is InChI=1S/C11H18O8/c1-5(2-3-12)10(16)18-4-6-7(13)8(14)9(15)11(17)19-6/h6-9,11-15,17H,1-4H2/t6-,7-,8+,9-,11?/m1/s1. The van der Waals surface area contributed by atoms with E-state index in [0.717, 1.165) is 0 Å². The van der Waals surface area contributed by atoms with Crippen molar-refractivity contribution >= 4 is 5.97 Å². The molecule has 8 nitrogen and oxygen atoms in total. The topological polar surface area (TPSA) is 137 Å². The van der Waals surface area contributed by atoms with E-state index in [1.165, 1.54) is 0 Å². The van der Waals surface area contributed by atoms with E-state index in [-0.39, 0.29) is 18.6 Å². The first-order valence-electron chi connectivity index (χ1n) is 5.72. The molecule has 0 amide bonds. The van der Waals surface area contributed by atoms with Crippen LogP contribution in [-0.2, 0) is 14.3 Å². The van der Waals surface area contributed by atoms with Crippen LogP contribution in [0.2, 0.25) is 0 Å². The van der Waals surface area contributed by atoms with E-state index in [4.69, 9.17) is 14.6 Å². The molecule has 1 saturated heterocycles. The van der Waals surface area contributed by atoms with Gasteiger partial charge in [0.15, 0.2) is 6.29 Å². The Kier molecular flexibility index (Phi) is 5.85. The molecule has 110 valence electrons. The summed E-state index contributed by atoms with van der Waals surface area (Å²) in [7, 11) is 0. The normalized spacial score (nSPS) is 34.9. The molecule has 1 heterocycles. The maximum absolute atomic E-state index is 11.4. The average molecular weight is 278 g/mol. The fourth-order valence-corrected chi connectivity index (χ4v) is 1.57. The third-order valence-electron chi connectivity index (χ3n) is 2.77. The molecule has 0 aromatic heterocycles. The summed E-state index contributed by atoms with van der Waals surface area (Å²) < 4.78 is 9.57. The van der Waals surface area contributed by atoms with Gasteiger partial charge in [-0.3, -0.25) is 0 Å². The maximum Gasteiger partial charge on any atom is 0.333 e. The largest absolute Gasteiger partial charge is 0.459 e. The molecule has 1 rings (SSSR count). The van der Waals surface area contributed by atoms with Gasteiger partial charge < -0.3 is 35.0 Å². The van der Waals surface area contributed by atoms with Crippen LogP contribution in [0.25, 0.3) is 0 Å². The lowest BCUT2D eigenvalue weighted by atomic mass is 9.99. The molecule has 0 aromatic rings. The molecular weight excluding hydrogens is 260 g/mol. The Hall–Kier alpha value is -1.03. The summed E-state index contributed by atoms with van der Waals surface area (Å²) in [5.41, 5.74) is 0.0499. The molecule has 0 aromatic carbocycles. The molecule has 0 aliphatic carbocycles. The predicted molar refractivity (Wildman–Crippen MR) is 60.7 cm³/mol. The average Bonchev–Trinajstić information content (AvgIpc) is 2.38. The molecule has 1 aliphatic heterocycles. The Morgan fingerprint density at radius 3 is 2.37 bits per heavy atom. The number of hydrogen-bond acceptors (Lipinski definition) is 8. The van der Waals surface area contributed by atoms with Crippen molar-refractivity contribution in [1.29, 1.82) is 0 Å². The summed E-state index contributed by atoms with van der Waals surface area (Å²) in [6, 6.07) is 0. The molecule has 5 atom stereocenters. The zero-order chi connectivity index (χ0) is 14.6. The molecule has 1 unspecified atom stereocenters. The highest BCUT2D eigenvalue weighted by Gasteiger charge is 2.43. The van der Waals surface area contributed by atoms with Crippen LogP contribution in [0.3, 0.4) is 0 Å². The fraction of sp³-hybridized carbons (Fsp3) is 0.727. The van der Waals surface area contributed by atoms with Crippen LogP contribution in [0.5, 0.6) is 0 Å². The number of aliphatic hydroxyl groups is 5. The van der Waals surface area contributed by atoms with Crippen molar-refractivity contribution in [3.05, 3.63) is 12.2 Å². The molecule has 0 radical (unpaired) electrons. The first-order chi connectivity index (χ1) is 8.88. The van der Waals surface area contributed by atoms with Gasteiger partial charge >= 0.3 is 5.97 Å². The predicted octanol–water partition coefficient (Wildman–Crippen LogP) is -2.73. The van der Waals surface area contributed by atoms with Crippen LogP contribution in [0, 0.1) is 0 Å². The van der Waals surface area contributed by atoms with Gasteiger partial charge in [-0.1, -0.05) is 6.58 Å². The number of carbonyl (C=O) groups excluding carboxylic acids is 1. The Balaban J connectivity index is 2.48. The third kappa shape index (κ3) is 3.96. The lowest BCUT2D eigenvalue weighted by Gasteiger charge is -2.37. The van der Waals surface area contributed by atoms with Crippen molar-refractivity contribution in [3.8, 4) is 0 Å². The van der Waals surface area contributed by atoms with Crippen molar-refractivity contribution in [1.82, 2.24) is 0 Å². The van der Waals surface area contributed by atoms with Crippen molar-refractivity contribution in [3.63, 3.8) is 0 Å². The number of esters is 1. The van der Waals surface area contributed by atoms with Gasteiger partial charge in [0.25, 0.3) is 0 Å². The summed E-state index contributed by atoms with van der Waals surface area (Å²) in [6.45, 7) is 2.72.